The average Bonchev–Trinajstić information content (AvgIpc) is 3.45. The largest absolute Gasteiger partial charge is 0.433 e. The zero-order chi connectivity index (χ0) is 25.2. The van der Waals surface area contributed by atoms with Crippen LogP contribution in [-0.2, 0) is 12.7 Å². The molecule has 2 aliphatic heterocycles. The van der Waals surface area contributed by atoms with Gasteiger partial charge in [0.1, 0.15) is 23.9 Å². The Labute approximate surface area is 196 Å². The van der Waals surface area contributed by atoms with Crippen LogP contribution in [0.5, 0.6) is 0 Å². The molecule has 0 bridgehead atoms. The van der Waals surface area contributed by atoms with E-state index in [9.17, 15) is 26.3 Å². The van der Waals surface area contributed by atoms with E-state index >= 15 is 0 Å². The van der Waals surface area contributed by atoms with Crippen LogP contribution in [0.4, 0.5) is 38.1 Å². The predicted molar refractivity (Wildman–Crippen MR) is 114 cm³/mol. The molecule has 5 heterocycles. The smallest absolute Gasteiger partial charge is 0.356 e. The lowest BCUT2D eigenvalue weighted by molar-refractivity contribution is -0.142. The minimum Gasteiger partial charge on any atom is -0.356 e. The summed E-state index contributed by atoms with van der Waals surface area (Å²) < 4.78 is 79.4. The zero-order valence-electron chi connectivity index (χ0n) is 18.9. The number of alkyl halides is 6. The Hall–Kier alpha value is -3.19. The fraction of sp³-hybridized carbons (Fsp3) is 0.571. The van der Waals surface area contributed by atoms with E-state index < -0.39 is 24.6 Å². The van der Waals surface area contributed by atoms with Gasteiger partial charge < -0.3 is 9.80 Å². The second-order valence-corrected chi connectivity index (χ2v) is 9.26. The van der Waals surface area contributed by atoms with Gasteiger partial charge in [0.15, 0.2) is 5.65 Å². The standard InChI is InChI=1S/C21H22F6N8/c1-12-14-8-28-18(31-17(14)35(32-12)11-20(22,23)24)34-6-4-19(10-34)3-5-33(9-19)16-7-15(21(25,26)27)29-13(2)30-16/h7-8H,3-6,9-11H2,1-2H3. The molecule has 0 aliphatic carbocycles. The first-order valence-electron chi connectivity index (χ1n) is 11.0. The van der Waals surface area contributed by atoms with Crippen LogP contribution in [0.15, 0.2) is 12.3 Å². The number of aromatic nitrogens is 6. The molecule has 0 aromatic carbocycles. The molecular formula is C21H22F6N8. The fourth-order valence-corrected chi connectivity index (χ4v) is 4.96. The monoisotopic (exact) mass is 500 g/mol. The van der Waals surface area contributed by atoms with E-state index in [4.69, 9.17) is 0 Å². The summed E-state index contributed by atoms with van der Waals surface area (Å²) in [7, 11) is 0. The first-order chi connectivity index (χ1) is 16.3. The molecule has 188 valence electrons. The van der Waals surface area contributed by atoms with Gasteiger partial charge in [-0.05, 0) is 26.7 Å². The maximum absolute atomic E-state index is 13.2. The molecule has 2 saturated heterocycles. The quantitative estimate of drug-likeness (QED) is 0.505. The van der Waals surface area contributed by atoms with Crippen molar-refractivity contribution in [2.45, 2.75) is 45.6 Å². The first kappa shape index (κ1) is 23.5. The van der Waals surface area contributed by atoms with E-state index in [0.717, 1.165) is 23.6 Å². The van der Waals surface area contributed by atoms with Crippen LogP contribution >= 0.6 is 0 Å². The molecule has 14 heteroatoms. The van der Waals surface area contributed by atoms with Gasteiger partial charge in [0.05, 0.1) is 11.1 Å². The molecule has 8 nitrogen and oxygen atoms in total. The Morgan fingerprint density at radius 2 is 1.63 bits per heavy atom. The third kappa shape index (κ3) is 4.57. The van der Waals surface area contributed by atoms with Gasteiger partial charge in [-0.25, -0.2) is 19.6 Å². The summed E-state index contributed by atoms with van der Waals surface area (Å²) in [5.74, 6) is 0.606. The van der Waals surface area contributed by atoms with Gasteiger partial charge in [0.25, 0.3) is 0 Å². The molecule has 0 N–H and O–H groups in total. The lowest BCUT2D eigenvalue weighted by Crippen LogP contribution is -2.32. The van der Waals surface area contributed by atoms with E-state index in [0.29, 0.717) is 43.2 Å². The van der Waals surface area contributed by atoms with E-state index in [-0.39, 0.29) is 22.7 Å². The molecule has 5 rings (SSSR count). The Balaban J connectivity index is 1.36. The minimum absolute atomic E-state index is 0.0521. The molecule has 0 saturated carbocycles. The fourth-order valence-electron chi connectivity index (χ4n) is 4.96. The topological polar surface area (TPSA) is 75.9 Å². The molecule has 35 heavy (non-hydrogen) atoms. The third-order valence-corrected chi connectivity index (χ3v) is 6.59. The van der Waals surface area contributed by atoms with Crippen molar-refractivity contribution in [2.75, 3.05) is 36.0 Å². The van der Waals surface area contributed by atoms with Crippen LogP contribution in [0.1, 0.15) is 30.1 Å². The number of fused-ring (bicyclic) bond motifs is 1. The van der Waals surface area contributed by atoms with Gasteiger partial charge in [-0.2, -0.15) is 36.4 Å². The van der Waals surface area contributed by atoms with Crippen LogP contribution in [-0.4, -0.2) is 62.1 Å². The number of nitrogens with zero attached hydrogens (tertiary/aromatic N) is 8. The van der Waals surface area contributed by atoms with Crippen molar-refractivity contribution in [2.24, 2.45) is 5.41 Å². The molecule has 3 aromatic heterocycles. The molecule has 2 aliphatic rings. The van der Waals surface area contributed by atoms with Gasteiger partial charge in [0, 0.05) is 43.9 Å². The normalized spacial score (nSPS) is 21.1. The second kappa shape index (κ2) is 7.92. The number of halogens is 6. The third-order valence-electron chi connectivity index (χ3n) is 6.59. The maximum Gasteiger partial charge on any atom is 0.433 e. The van der Waals surface area contributed by atoms with E-state index in [1.54, 1.807) is 6.92 Å². The highest BCUT2D eigenvalue weighted by atomic mass is 19.4. The Bertz CT molecular complexity index is 1270. The van der Waals surface area contributed by atoms with Crippen LogP contribution in [0.3, 0.4) is 0 Å². The molecule has 1 atom stereocenters. The van der Waals surface area contributed by atoms with Crippen LogP contribution < -0.4 is 9.80 Å². The number of hydrogen-bond acceptors (Lipinski definition) is 7. The van der Waals surface area contributed by atoms with E-state index in [1.165, 1.54) is 13.1 Å². The SMILES string of the molecule is Cc1nc(N2CCC3(CCN(c4ncc5c(C)nn(CC(F)(F)F)c5n4)C3)C2)cc(C(F)(F)F)n1. The van der Waals surface area contributed by atoms with Crippen molar-refractivity contribution in [3.8, 4) is 0 Å². The zero-order valence-corrected chi connectivity index (χ0v) is 18.9. The summed E-state index contributed by atoms with van der Waals surface area (Å²) in [6.07, 6.45) is -6.02. The van der Waals surface area contributed by atoms with Gasteiger partial charge >= 0.3 is 12.4 Å². The number of anilines is 2. The highest BCUT2D eigenvalue weighted by molar-refractivity contribution is 5.78. The van der Waals surface area contributed by atoms with Crippen molar-refractivity contribution < 1.29 is 26.3 Å². The molecule has 1 unspecified atom stereocenters. The van der Waals surface area contributed by atoms with E-state index in [2.05, 4.69) is 25.0 Å². The molecule has 3 aromatic rings. The Morgan fingerprint density at radius 3 is 2.31 bits per heavy atom. The summed E-state index contributed by atoms with van der Waals surface area (Å²) in [4.78, 5) is 20.2. The summed E-state index contributed by atoms with van der Waals surface area (Å²) in [5.41, 5.74) is -0.646. The van der Waals surface area contributed by atoms with Gasteiger partial charge in [-0.15, -0.1) is 0 Å². The molecule has 0 radical (unpaired) electrons. The van der Waals surface area contributed by atoms with Crippen molar-refractivity contribution in [1.82, 2.24) is 29.7 Å². The second-order valence-electron chi connectivity index (χ2n) is 9.26. The van der Waals surface area contributed by atoms with Crippen LogP contribution in [0.2, 0.25) is 0 Å². The van der Waals surface area contributed by atoms with Gasteiger partial charge in [0.2, 0.25) is 5.95 Å². The van der Waals surface area contributed by atoms with Crippen LogP contribution in [0.25, 0.3) is 11.0 Å². The predicted octanol–water partition coefficient (Wildman–Crippen LogP) is 3.92. The van der Waals surface area contributed by atoms with E-state index in [1.807, 2.05) is 9.80 Å². The Kier molecular flexibility index (Phi) is 5.33. The Morgan fingerprint density at radius 1 is 0.943 bits per heavy atom. The highest BCUT2D eigenvalue weighted by Crippen LogP contribution is 2.42. The summed E-state index contributed by atoms with van der Waals surface area (Å²) in [5, 5.41) is 4.42. The first-order valence-corrected chi connectivity index (χ1v) is 11.0. The number of hydrogen-bond donors (Lipinski definition) is 0. The lowest BCUT2D eigenvalue weighted by atomic mass is 9.86. The van der Waals surface area contributed by atoms with Gasteiger partial charge in [-0.3, -0.25) is 0 Å². The number of rotatable bonds is 3. The average molecular weight is 500 g/mol. The summed E-state index contributed by atoms with van der Waals surface area (Å²) >= 11 is 0. The van der Waals surface area contributed by atoms with Crippen molar-refractivity contribution in [3.63, 3.8) is 0 Å². The van der Waals surface area contributed by atoms with Crippen LogP contribution in [0, 0.1) is 19.3 Å². The van der Waals surface area contributed by atoms with Gasteiger partial charge in [-0.1, -0.05) is 0 Å². The molecule has 2 fully saturated rings. The highest BCUT2D eigenvalue weighted by Gasteiger charge is 2.45. The van der Waals surface area contributed by atoms with Crippen molar-refractivity contribution >= 4 is 22.8 Å². The van der Waals surface area contributed by atoms with Crippen molar-refractivity contribution in [1.29, 1.82) is 0 Å². The van der Waals surface area contributed by atoms with Crippen molar-refractivity contribution in [3.05, 3.63) is 29.5 Å². The molecular weight excluding hydrogens is 478 g/mol. The molecule has 1 spiro atoms. The molecule has 0 amide bonds. The lowest BCUT2D eigenvalue weighted by Gasteiger charge is -2.25. The number of aryl methyl sites for hydroxylation is 2. The maximum atomic E-state index is 13.2. The summed E-state index contributed by atoms with van der Waals surface area (Å²) in [6.45, 7) is 3.96. The summed E-state index contributed by atoms with van der Waals surface area (Å²) in [6, 6.07) is 0.972. The minimum atomic E-state index is -4.56.